The first kappa shape index (κ1) is 11.0. The maximum absolute atomic E-state index is 5.87. The van der Waals surface area contributed by atoms with Crippen LogP contribution >= 0.6 is 0 Å². The average Bonchev–Trinajstić information content (AvgIpc) is 2.16. The van der Waals surface area contributed by atoms with Gasteiger partial charge in [0.2, 0.25) is 0 Å². The summed E-state index contributed by atoms with van der Waals surface area (Å²) in [6.07, 6.45) is 4.91. The van der Waals surface area contributed by atoms with Gasteiger partial charge in [0, 0.05) is 13.2 Å². The molecule has 0 aliphatic carbocycles. The van der Waals surface area contributed by atoms with Gasteiger partial charge in [-0.3, -0.25) is 0 Å². The summed E-state index contributed by atoms with van der Waals surface area (Å²) in [6.45, 7) is 7.22. The molecule has 1 saturated heterocycles. The van der Waals surface area contributed by atoms with Crippen LogP contribution in [0.1, 0.15) is 39.5 Å². The van der Waals surface area contributed by atoms with Crippen molar-refractivity contribution in [3.05, 3.63) is 0 Å². The van der Waals surface area contributed by atoms with Gasteiger partial charge in [0.05, 0.1) is 0 Å². The van der Waals surface area contributed by atoms with Gasteiger partial charge in [-0.25, -0.2) is 0 Å². The van der Waals surface area contributed by atoms with Gasteiger partial charge in [0.25, 0.3) is 0 Å². The SMILES string of the molecule is CC(C)CCC1(CN)CCOCC1. The lowest BCUT2D eigenvalue weighted by Gasteiger charge is -2.36. The van der Waals surface area contributed by atoms with Crippen molar-refractivity contribution in [1.29, 1.82) is 0 Å². The van der Waals surface area contributed by atoms with E-state index in [1.165, 1.54) is 12.8 Å². The minimum Gasteiger partial charge on any atom is -0.381 e. The summed E-state index contributed by atoms with van der Waals surface area (Å²) in [6, 6.07) is 0. The molecule has 0 aromatic carbocycles. The molecule has 0 bridgehead atoms. The highest BCUT2D eigenvalue weighted by Crippen LogP contribution is 2.35. The molecule has 0 spiro atoms. The molecule has 1 aliphatic heterocycles. The molecule has 0 saturated carbocycles. The highest BCUT2D eigenvalue weighted by Gasteiger charge is 2.30. The van der Waals surface area contributed by atoms with Gasteiger partial charge >= 0.3 is 0 Å². The van der Waals surface area contributed by atoms with Crippen LogP contribution in [0.15, 0.2) is 0 Å². The second kappa shape index (κ2) is 4.97. The number of hydrogen-bond acceptors (Lipinski definition) is 2. The lowest BCUT2D eigenvalue weighted by molar-refractivity contribution is 0.0122. The van der Waals surface area contributed by atoms with Gasteiger partial charge in [0.15, 0.2) is 0 Å². The molecule has 0 radical (unpaired) electrons. The number of rotatable bonds is 4. The smallest absolute Gasteiger partial charge is 0.0471 e. The van der Waals surface area contributed by atoms with E-state index in [1.807, 2.05) is 0 Å². The van der Waals surface area contributed by atoms with E-state index < -0.39 is 0 Å². The van der Waals surface area contributed by atoms with Crippen LogP contribution in [0.5, 0.6) is 0 Å². The van der Waals surface area contributed by atoms with Crippen molar-refractivity contribution in [3.63, 3.8) is 0 Å². The zero-order valence-electron chi connectivity index (χ0n) is 9.01. The Bertz CT molecular complexity index is 139. The van der Waals surface area contributed by atoms with Crippen molar-refractivity contribution in [2.45, 2.75) is 39.5 Å². The third-order valence-corrected chi connectivity index (χ3v) is 3.24. The van der Waals surface area contributed by atoms with Crippen LogP contribution in [0.3, 0.4) is 0 Å². The van der Waals surface area contributed by atoms with Gasteiger partial charge in [0.1, 0.15) is 0 Å². The molecule has 0 amide bonds. The molecule has 2 N–H and O–H groups in total. The Kier molecular flexibility index (Phi) is 4.20. The molecule has 1 aliphatic rings. The lowest BCUT2D eigenvalue weighted by atomic mass is 9.75. The van der Waals surface area contributed by atoms with Crippen molar-refractivity contribution in [3.8, 4) is 0 Å². The first-order valence-electron chi connectivity index (χ1n) is 5.46. The summed E-state index contributed by atoms with van der Waals surface area (Å²) >= 11 is 0. The normalized spacial score (nSPS) is 22.2. The largest absolute Gasteiger partial charge is 0.381 e. The van der Waals surface area contributed by atoms with E-state index in [2.05, 4.69) is 13.8 Å². The Morgan fingerprint density at radius 2 is 1.92 bits per heavy atom. The van der Waals surface area contributed by atoms with E-state index >= 15 is 0 Å². The zero-order chi connectivity index (χ0) is 9.73. The molecule has 1 rings (SSSR count). The maximum Gasteiger partial charge on any atom is 0.0471 e. The first-order chi connectivity index (χ1) is 6.18. The Morgan fingerprint density at radius 3 is 2.38 bits per heavy atom. The number of nitrogens with two attached hydrogens (primary N) is 1. The summed E-state index contributed by atoms with van der Waals surface area (Å²) in [7, 11) is 0. The fourth-order valence-electron chi connectivity index (χ4n) is 1.96. The van der Waals surface area contributed by atoms with Gasteiger partial charge in [-0.2, -0.15) is 0 Å². The maximum atomic E-state index is 5.87. The monoisotopic (exact) mass is 185 g/mol. The predicted molar refractivity (Wildman–Crippen MR) is 55.6 cm³/mol. The fourth-order valence-corrected chi connectivity index (χ4v) is 1.96. The number of hydrogen-bond donors (Lipinski definition) is 1. The van der Waals surface area contributed by atoms with Gasteiger partial charge in [-0.15, -0.1) is 0 Å². The van der Waals surface area contributed by atoms with E-state index in [1.54, 1.807) is 0 Å². The van der Waals surface area contributed by atoms with Crippen molar-refractivity contribution in [2.75, 3.05) is 19.8 Å². The summed E-state index contributed by atoms with van der Waals surface area (Å²) in [4.78, 5) is 0. The summed E-state index contributed by atoms with van der Waals surface area (Å²) < 4.78 is 5.38. The Morgan fingerprint density at radius 1 is 1.31 bits per heavy atom. The van der Waals surface area contributed by atoms with Crippen molar-refractivity contribution in [1.82, 2.24) is 0 Å². The molecule has 2 nitrogen and oxygen atoms in total. The van der Waals surface area contributed by atoms with Crippen LogP contribution in [-0.2, 0) is 4.74 Å². The Labute approximate surface area is 81.8 Å². The minimum absolute atomic E-state index is 0.405. The van der Waals surface area contributed by atoms with Gasteiger partial charge in [-0.1, -0.05) is 20.3 Å². The van der Waals surface area contributed by atoms with Crippen molar-refractivity contribution >= 4 is 0 Å². The molecule has 0 atom stereocenters. The quantitative estimate of drug-likeness (QED) is 0.728. The number of ether oxygens (including phenoxy) is 1. The van der Waals surface area contributed by atoms with E-state index in [0.717, 1.165) is 38.5 Å². The third kappa shape index (κ3) is 3.28. The zero-order valence-corrected chi connectivity index (χ0v) is 9.01. The van der Waals surface area contributed by atoms with E-state index in [4.69, 9.17) is 10.5 Å². The molecular weight excluding hydrogens is 162 g/mol. The van der Waals surface area contributed by atoms with E-state index in [9.17, 15) is 0 Å². The van der Waals surface area contributed by atoms with Crippen LogP contribution in [0.2, 0.25) is 0 Å². The van der Waals surface area contributed by atoms with Crippen LogP contribution in [0, 0.1) is 11.3 Å². The molecular formula is C11H23NO. The van der Waals surface area contributed by atoms with Gasteiger partial charge in [-0.05, 0) is 37.1 Å². The van der Waals surface area contributed by atoms with Crippen LogP contribution < -0.4 is 5.73 Å². The Balaban J connectivity index is 2.38. The van der Waals surface area contributed by atoms with E-state index in [-0.39, 0.29) is 0 Å². The van der Waals surface area contributed by atoms with Gasteiger partial charge < -0.3 is 10.5 Å². The Hall–Kier alpha value is -0.0800. The first-order valence-corrected chi connectivity index (χ1v) is 5.46. The lowest BCUT2D eigenvalue weighted by Crippen LogP contribution is -2.36. The highest BCUT2D eigenvalue weighted by molar-refractivity contribution is 4.82. The summed E-state index contributed by atoms with van der Waals surface area (Å²) in [5, 5.41) is 0. The molecule has 0 aromatic rings. The molecule has 13 heavy (non-hydrogen) atoms. The average molecular weight is 185 g/mol. The summed E-state index contributed by atoms with van der Waals surface area (Å²) in [5.74, 6) is 0.797. The van der Waals surface area contributed by atoms with Crippen molar-refractivity contribution in [2.24, 2.45) is 17.1 Å². The minimum atomic E-state index is 0.405. The third-order valence-electron chi connectivity index (χ3n) is 3.24. The second-order valence-electron chi connectivity index (χ2n) is 4.75. The standard InChI is InChI=1S/C11H23NO/c1-10(2)3-4-11(9-12)5-7-13-8-6-11/h10H,3-9,12H2,1-2H3. The fraction of sp³-hybridized carbons (Fsp3) is 1.00. The highest BCUT2D eigenvalue weighted by atomic mass is 16.5. The van der Waals surface area contributed by atoms with Crippen LogP contribution in [-0.4, -0.2) is 19.8 Å². The molecule has 78 valence electrons. The topological polar surface area (TPSA) is 35.2 Å². The molecule has 0 aromatic heterocycles. The van der Waals surface area contributed by atoms with Crippen LogP contribution in [0.25, 0.3) is 0 Å². The predicted octanol–water partition coefficient (Wildman–Crippen LogP) is 2.18. The van der Waals surface area contributed by atoms with Crippen LogP contribution in [0.4, 0.5) is 0 Å². The molecule has 2 heteroatoms. The second-order valence-corrected chi connectivity index (χ2v) is 4.75. The molecule has 0 unspecified atom stereocenters. The van der Waals surface area contributed by atoms with E-state index in [0.29, 0.717) is 5.41 Å². The van der Waals surface area contributed by atoms with Crippen molar-refractivity contribution < 1.29 is 4.74 Å². The molecule has 1 heterocycles. The molecule has 1 fully saturated rings. The summed E-state index contributed by atoms with van der Waals surface area (Å²) in [5.41, 5.74) is 6.27.